The lowest BCUT2D eigenvalue weighted by atomic mass is 9.46. The Balaban J connectivity index is 1.39. The number of aliphatic hydroxyl groups excluding tert-OH is 1. The van der Waals surface area contributed by atoms with Crippen LogP contribution in [0.1, 0.15) is 46.5 Å². The second kappa shape index (κ2) is 3.81. The molecule has 2 spiro atoms. The van der Waals surface area contributed by atoms with Crippen LogP contribution >= 0.6 is 0 Å². The van der Waals surface area contributed by atoms with Crippen molar-refractivity contribution in [2.24, 2.45) is 28.6 Å². The van der Waals surface area contributed by atoms with Crippen LogP contribution < -0.4 is 0 Å². The first-order valence-electron chi connectivity index (χ1n) is 10.3. The molecule has 0 bridgehead atoms. The predicted molar refractivity (Wildman–Crippen MR) is 90.0 cm³/mol. The molecule has 3 heterocycles. The van der Waals surface area contributed by atoms with Crippen LogP contribution in [0, 0.1) is 28.6 Å². The highest BCUT2D eigenvalue weighted by atomic mass is 16.7. The molecule has 0 radical (unpaired) electrons. The molecule has 0 aromatic rings. The number of esters is 1. The molecular formula is C21H26O5. The van der Waals surface area contributed by atoms with E-state index in [0.717, 1.165) is 31.3 Å². The number of carbonyl (C=O) groups is 1. The number of carbonyl (C=O) groups excluding carboxylic acids is 1. The summed E-state index contributed by atoms with van der Waals surface area (Å²) < 4.78 is 18.4. The highest BCUT2D eigenvalue weighted by Crippen LogP contribution is 2.86. The topological polar surface area (TPSA) is 71.6 Å². The van der Waals surface area contributed by atoms with E-state index in [0.29, 0.717) is 18.4 Å². The lowest BCUT2D eigenvalue weighted by molar-refractivity contribution is -0.136. The van der Waals surface area contributed by atoms with Crippen molar-refractivity contribution in [3.8, 4) is 0 Å². The van der Waals surface area contributed by atoms with Crippen LogP contribution in [0.4, 0.5) is 0 Å². The fraction of sp³-hybridized carbons (Fsp3) is 0.857. The molecule has 7 aliphatic rings. The van der Waals surface area contributed by atoms with Crippen molar-refractivity contribution < 1.29 is 24.1 Å². The molecule has 3 saturated carbocycles. The molecular weight excluding hydrogens is 332 g/mol. The first kappa shape index (κ1) is 15.1. The van der Waals surface area contributed by atoms with Crippen molar-refractivity contribution >= 4 is 5.97 Å². The molecule has 0 aromatic carbocycles. The molecule has 2 saturated heterocycles. The molecule has 5 fully saturated rings. The average Bonchev–Trinajstić information content (AvgIpc) is 3.47. The minimum absolute atomic E-state index is 0.0197. The number of rotatable bonds is 1. The highest BCUT2D eigenvalue weighted by molar-refractivity contribution is 5.92. The lowest BCUT2D eigenvalue weighted by Gasteiger charge is -2.54. The van der Waals surface area contributed by atoms with Gasteiger partial charge in [0.25, 0.3) is 0 Å². The van der Waals surface area contributed by atoms with E-state index in [1.807, 2.05) is 0 Å². The van der Waals surface area contributed by atoms with Gasteiger partial charge in [-0.15, -0.1) is 0 Å². The van der Waals surface area contributed by atoms with Gasteiger partial charge in [-0.05, 0) is 49.0 Å². The Labute approximate surface area is 153 Å². The molecule has 4 aliphatic carbocycles. The van der Waals surface area contributed by atoms with Crippen LogP contribution in [0.25, 0.3) is 0 Å². The number of fused-ring (bicyclic) bond motifs is 4. The number of epoxide rings is 2. The van der Waals surface area contributed by atoms with Crippen LogP contribution in [0.5, 0.6) is 0 Å². The molecule has 5 nitrogen and oxygen atoms in total. The first-order chi connectivity index (χ1) is 12.3. The van der Waals surface area contributed by atoms with Gasteiger partial charge in [-0.2, -0.15) is 0 Å². The summed E-state index contributed by atoms with van der Waals surface area (Å²) in [4.78, 5) is 12.1. The lowest BCUT2D eigenvalue weighted by Crippen LogP contribution is -2.67. The molecule has 9 atom stereocenters. The molecule has 140 valence electrons. The number of hydrogen-bond donors (Lipinski definition) is 1. The van der Waals surface area contributed by atoms with Gasteiger partial charge >= 0.3 is 5.97 Å². The smallest absolute Gasteiger partial charge is 0.334 e. The maximum absolute atomic E-state index is 12.1. The zero-order chi connectivity index (χ0) is 17.9. The second-order valence-electron chi connectivity index (χ2n) is 10.4. The molecule has 7 rings (SSSR count). The SMILES string of the molecule is CC(C)C12C[C@H]1[C@@H]1O[C@]13[C@]1(O[C@H]1CC1C4=C(CC[C@@]13C)C(=O)OC4)[C@@H]2O. The van der Waals surface area contributed by atoms with Crippen molar-refractivity contribution in [1.29, 1.82) is 0 Å². The van der Waals surface area contributed by atoms with Gasteiger partial charge in [0.1, 0.15) is 12.2 Å². The predicted octanol–water partition coefficient (Wildman–Crippen LogP) is 1.97. The standard InChI is InChI=1S/C21H26O5/c1-9(2)19-7-13(19)15-21(26-15)18(3)5-4-10-11(8-24-16(10)22)12(18)6-14-20(21,25-14)17(19)23/h9,12-15,17,23H,4-8H2,1-3H3/t12?,13-,14-,15-,17+,18-,19?,20+,21+/m0/s1. The molecule has 1 N–H and O–H groups in total. The zero-order valence-electron chi connectivity index (χ0n) is 15.6. The minimum atomic E-state index is -0.512. The normalized spacial score (nSPS) is 63.1. The average molecular weight is 358 g/mol. The van der Waals surface area contributed by atoms with E-state index in [-0.39, 0.29) is 40.5 Å². The quantitative estimate of drug-likeness (QED) is 0.573. The van der Waals surface area contributed by atoms with Crippen LogP contribution in [0.2, 0.25) is 0 Å². The molecule has 2 unspecified atom stereocenters. The Morgan fingerprint density at radius 3 is 2.85 bits per heavy atom. The van der Waals surface area contributed by atoms with Crippen molar-refractivity contribution in [1.82, 2.24) is 0 Å². The van der Waals surface area contributed by atoms with Crippen molar-refractivity contribution in [2.45, 2.75) is 76.0 Å². The summed E-state index contributed by atoms with van der Waals surface area (Å²) in [6, 6.07) is 0. The highest BCUT2D eigenvalue weighted by Gasteiger charge is 2.98. The number of hydrogen-bond acceptors (Lipinski definition) is 5. The largest absolute Gasteiger partial charge is 0.458 e. The van der Waals surface area contributed by atoms with E-state index in [4.69, 9.17) is 14.2 Å². The zero-order valence-corrected chi connectivity index (χ0v) is 15.6. The number of cyclic esters (lactones) is 1. The van der Waals surface area contributed by atoms with Crippen LogP contribution in [-0.4, -0.2) is 47.2 Å². The molecule has 26 heavy (non-hydrogen) atoms. The Bertz CT molecular complexity index is 817. The second-order valence-corrected chi connectivity index (χ2v) is 10.4. The van der Waals surface area contributed by atoms with Crippen LogP contribution in [0.3, 0.4) is 0 Å². The first-order valence-corrected chi connectivity index (χ1v) is 10.3. The number of aliphatic hydroxyl groups is 1. The van der Waals surface area contributed by atoms with Gasteiger partial charge in [-0.25, -0.2) is 4.79 Å². The van der Waals surface area contributed by atoms with Gasteiger partial charge in [0, 0.05) is 16.4 Å². The van der Waals surface area contributed by atoms with E-state index in [1.54, 1.807) is 0 Å². The minimum Gasteiger partial charge on any atom is -0.458 e. The summed E-state index contributed by atoms with van der Waals surface area (Å²) in [5.41, 5.74) is 1.13. The molecule has 0 amide bonds. The maximum Gasteiger partial charge on any atom is 0.334 e. The molecule has 5 heteroatoms. The fourth-order valence-electron chi connectivity index (χ4n) is 8.38. The summed E-state index contributed by atoms with van der Waals surface area (Å²) in [7, 11) is 0. The van der Waals surface area contributed by atoms with Gasteiger partial charge in [-0.3, -0.25) is 0 Å². The van der Waals surface area contributed by atoms with Gasteiger partial charge in [0.15, 0.2) is 5.60 Å². The van der Waals surface area contributed by atoms with Crippen LogP contribution in [0.15, 0.2) is 11.1 Å². The van der Waals surface area contributed by atoms with Crippen molar-refractivity contribution in [3.05, 3.63) is 11.1 Å². The summed E-state index contributed by atoms with van der Waals surface area (Å²) in [5, 5.41) is 11.6. The van der Waals surface area contributed by atoms with Crippen LogP contribution in [-0.2, 0) is 19.0 Å². The number of ether oxygens (including phenoxy) is 3. The van der Waals surface area contributed by atoms with E-state index in [1.165, 1.54) is 5.57 Å². The summed E-state index contributed by atoms with van der Waals surface area (Å²) in [6.07, 6.45) is 3.49. The third kappa shape index (κ3) is 1.15. The molecule has 3 aliphatic heterocycles. The monoisotopic (exact) mass is 358 g/mol. The Kier molecular flexibility index (Phi) is 2.21. The summed E-state index contributed by atoms with van der Waals surface area (Å²) in [6.45, 7) is 7.25. The van der Waals surface area contributed by atoms with E-state index < -0.39 is 11.7 Å². The Morgan fingerprint density at radius 1 is 1.27 bits per heavy atom. The van der Waals surface area contributed by atoms with E-state index in [2.05, 4.69) is 20.8 Å². The van der Waals surface area contributed by atoms with E-state index in [9.17, 15) is 9.90 Å². The van der Waals surface area contributed by atoms with Gasteiger partial charge in [0.05, 0.1) is 18.3 Å². The third-order valence-corrected chi connectivity index (χ3v) is 9.83. The Morgan fingerprint density at radius 2 is 2.08 bits per heavy atom. The van der Waals surface area contributed by atoms with Crippen molar-refractivity contribution in [2.75, 3.05) is 6.61 Å². The maximum atomic E-state index is 12.1. The summed E-state index contributed by atoms with van der Waals surface area (Å²) in [5.74, 6) is 1.06. The van der Waals surface area contributed by atoms with Gasteiger partial charge in [-0.1, -0.05) is 20.8 Å². The van der Waals surface area contributed by atoms with Crippen molar-refractivity contribution in [3.63, 3.8) is 0 Å². The Hall–Kier alpha value is -0.910. The molecule has 0 aromatic heterocycles. The van der Waals surface area contributed by atoms with E-state index >= 15 is 0 Å². The third-order valence-electron chi connectivity index (χ3n) is 9.83. The van der Waals surface area contributed by atoms with Gasteiger partial charge in [0.2, 0.25) is 0 Å². The fourth-order valence-corrected chi connectivity index (χ4v) is 8.38. The van der Waals surface area contributed by atoms with Gasteiger partial charge < -0.3 is 19.3 Å². The summed E-state index contributed by atoms with van der Waals surface area (Å²) >= 11 is 0.